The Morgan fingerprint density at radius 1 is 1.39 bits per heavy atom. The molecular weight excluding hydrogens is 290 g/mol. The molecule has 2 atom stereocenters. The highest BCUT2D eigenvalue weighted by atomic mass is 79.9. The van der Waals surface area contributed by atoms with Crippen LogP contribution in [0.5, 0.6) is 5.75 Å². The molecule has 1 heterocycles. The second kappa shape index (κ2) is 5.22. The maximum atomic E-state index is 6.13. The average molecular weight is 312 g/mol. The standard InChI is InChI=1S/C15H22BrNO/c1-15(2,3)9-11-8-13(17-4)12-7-10(16)5-6-14(12)18-11/h5-7,11,13,17H,8-9H2,1-4H3. The fourth-order valence-electron chi connectivity index (χ4n) is 2.60. The van der Waals surface area contributed by atoms with Crippen LogP contribution in [0.15, 0.2) is 22.7 Å². The zero-order valence-corrected chi connectivity index (χ0v) is 13.2. The van der Waals surface area contributed by atoms with Gasteiger partial charge in [-0.15, -0.1) is 0 Å². The summed E-state index contributed by atoms with van der Waals surface area (Å²) in [5, 5.41) is 3.40. The second-order valence-electron chi connectivity index (χ2n) is 6.26. The van der Waals surface area contributed by atoms with E-state index in [-0.39, 0.29) is 0 Å². The first-order chi connectivity index (χ1) is 8.39. The molecule has 2 unspecified atom stereocenters. The van der Waals surface area contributed by atoms with Crippen molar-refractivity contribution in [3.05, 3.63) is 28.2 Å². The van der Waals surface area contributed by atoms with E-state index < -0.39 is 0 Å². The third kappa shape index (κ3) is 3.27. The van der Waals surface area contributed by atoms with Crippen LogP contribution < -0.4 is 10.1 Å². The monoisotopic (exact) mass is 311 g/mol. The molecular formula is C15H22BrNO. The molecule has 0 amide bonds. The van der Waals surface area contributed by atoms with Gasteiger partial charge in [-0.1, -0.05) is 36.7 Å². The quantitative estimate of drug-likeness (QED) is 0.879. The normalized spacial score (nSPS) is 23.4. The predicted octanol–water partition coefficient (Wildman–Crippen LogP) is 4.30. The van der Waals surface area contributed by atoms with Gasteiger partial charge in [0.25, 0.3) is 0 Å². The number of hydrogen-bond acceptors (Lipinski definition) is 2. The lowest BCUT2D eigenvalue weighted by Crippen LogP contribution is -2.33. The molecule has 1 aliphatic heterocycles. The molecule has 0 fully saturated rings. The van der Waals surface area contributed by atoms with E-state index in [9.17, 15) is 0 Å². The van der Waals surface area contributed by atoms with Crippen LogP contribution in [0.1, 0.15) is 45.2 Å². The minimum absolute atomic E-state index is 0.301. The highest BCUT2D eigenvalue weighted by Gasteiger charge is 2.30. The van der Waals surface area contributed by atoms with Crippen LogP contribution in [0.2, 0.25) is 0 Å². The Balaban J connectivity index is 2.23. The minimum Gasteiger partial charge on any atom is -0.490 e. The molecule has 0 saturated heterocycles. The lowest BCUT2D eigenvalue weighted by Gasteiger charge is -2.35. The van der Waals surface area contributed by atoms with Gasteiger partial charge in [-0.05, 0) is 37.1 Å². The van der Waals surface area contributed by atoms with Crippen molar-refractivity contribution in [1.29, 1.82) is 0 Å². The molecule has 0 aromatic heterocycles. The zero-order chi connectivity index (χ0) is 13.3. The van der Waals surface area contributed by atoms with Crippen molar-refractivity contribution in [2.24, 2.45) is 5.41 Å². The molecule has 0 saturated carbocycles. The topological polar surface area (TPSA) is 21.3 Å². The molecule has 1 aromatic carbocycles. The van der Waals surface area contributed by atoms with Gasteiger partial charge in [-0.25, -0.2) is 0 Å². The molecule has 100 valence electrons. The van der Waals surface area contributed by atoms with Crippen molar-refractivity contribution in [2.45, 2.75) is 45.8 Å². The summed E-state index contributed by atoms with van der Waals surface area (Å²) in [6.07, 6.45) is 2.42. The van der Waals surface area contributed by atoms with E-state index in [0.29, 0.717) is 17.6 Å². The SMILES string of the molecule is CNC1CC(CC(C)(C)C)Oc2ccc(Br)cc21. The minimum atomic E-state index is 0.301. The number of hydrogen-bond donors (Lipinski definition) is 1. The lowest BCUT2D eigenvalue weighted by atomic mass is 9.85. The molecule has 1 aliphatic rings. The van der Waals surface area contributed by atoms with Crippen molar-refractivity contribution < 1.29 is 4.74 Å². The van der Waals surface area contributed by atoms with Crippen LogP contribution in [0.3, 0.4) is 0 Å². The number of fused-ring (bicyclic) bond motifs is 1. The molecule has 1 aromatic rings. The largest absolute Gasteiger partial charge is 0.490 e. The Hall–Kier alpha value is -0.540. The van der Waals surface area contributed by atoms with Crippen LogP contribution in [0, 0.1) is 5.41 Å². The number of rotatable bonds is 2. The van der Waals surface area contributed by atoms with Crippen LogP contribution in [0.4, 0.5) is 0 Å². The Bertz CT molecular complexity index is 425. The van der Waals surface area contributed by atoms with Gasteiger partial charge in [-0.3, -0.25) is 0 Å². The van der Waals surface area contributed by atoms with Gasteiger partial charge in [0, 0.05) is 22.5 Å². The maximum absolute atomic E-state index is 6.13. The maximum Gasteiger partial charge on any atom is 0.124 e. The first kappa shape index (κ1) is 13.9. The molecule has 2 rings (SSSR count). The molecule has 0 bridgehead atoms. The predicted molar refractivity (Wildman–Crippen MR) is 79.0 cm³/mol. The molecule has 18 heavy (non-hydrogen) atoms. The van der Waals surface area contributed by atoms with Gasteiger partial charge in [0.2, 0.25) is 0 Å². The van der Waals surface area contributed by atoms with Crippen molar-refractivity contribution in [1.82, 2.24) is 5.32 Å². The summed E-state index contributed by atoms with van der Waals surface area (Å²) < 4.78 is 7.24. The molecule has 2 nitrogen and oxygen atoms in total. The van der Waals surface area contributed by atoms with E-state index in [2.05, 4.69) is 54.2 Å². The summed E-state index contributed by atoms with van der Waals surface area (Å²) in [7, 11) is 2.02. The summed E-state index contributed by atoms with van der Waals surface area (Å²) in [5.41, 5.74) is 1.56. The van der Waals surface area contributed by atoms with Crippen LogP contribution >= 0.6 is 15.9 Å². The summed E-state index contributed by atoms with van der Waals surface area (Å²) in [6, 6.07) is 6.66. The second-order valence-corrected chi connectivity index (χ2v) is 7.18. The average Bonchev–Trinajstić information content (AvgIpc) is 2.26. The molecule has 0 radical (unpaired) electrons. The fourth-order valence-corrected chi connectivity index (χ4v) is 2.98. The third-order valence-electron chi connectivity index (χ3n) is 3.33. The van der Waals surface area contributed by atoms with Gasteiger partial charge >= 0.3 is 0 Å². The number of benzene rings is 1. The molecule has 0 spiro atoms. The molecule has 1 N–H and O–H groups in total. The summed E-state index contributed by atoms with van der Waals surface area (Å²) in [4.78, 5) is 0. The van der Waals surface area contributed by atoms with Gasteiger partial charge in [-0.2, -0.15) is 0 Å². The summed E-state index contributed by atoms with van der Waals surface area (Å²) in [5.74, 6) is 1.03. The van der Waals surface area contributed by atoms with E-state index in [4.69, 9.17) is 4.74 Å². The van der Waals surface area contributed by atoms with Crippen LogP contribution in [-0.2, 0) is 0 Å². The third-order valence-corrected chi connectivity index (χ3v) is 3.82. The van der Waals surface area contributed by atoms with Crippen LogP contribution in [-0.4, -0.2) is 13.2 Å². The Morgan fingerprint density at radius 2 is 2.11 bits per heavy atom. The Kier molecular flexibility index (Phi) is 4.02. The van der Waals surface area contributed by atoms with Crippen molar-refractivity contribution in [3.8, 4) is 5.75 Å². The van der Waals surface area contributed by atoms with Crippen molar-refractivity contribution in [3.63, 3.8) is 0 Å². The first-order valence-electron chi connectivity index (χ1n) is 6.52. The summed E-state index contributed by atoms with van der Waals surface area (Å²) >= 11 is 3.53. The van der Waals surface area contributed by atoms with Gasteiger partial charge in [0.15, 0.2) is 0 Å². The van der Waals surface area contributed by atoms with Gasteiger partial charge in [0.05, 0.1) is 0 Å². The van der Waals surface area contributed by atoms with E-state index >= 15 is 0 Å². The zero-order valence-electron chi connectivity index (χ0n) is 11.6. The number of halogens is 1. The van der Waals surface area contributed by atoms with Crippen LogP contribution in [0.25, 0.3) is 0 Å². The summed E-state index contributed by atoms with van der Waals surface area (Å²) in [6.45, 7) is 6.80. The van der Waals surface area contributed by atoms with E-state index in [1.54, 1.807) is 0 Å². The molecule has 3 heteroatoms. The van der Waals surface area contributed by atoms with Gasteiger partial charge < -0.3 is 10.1 Å². The highest BCUT2D eigenvalue weighted by molar-refractivity contribution is 9.10. The Morgan fingerprint density at radius 3 is 2.72 bits per heavy atom. The molecule has 0 aliphatic carbocycles. The smallest absolute Gasteiger partial charge is 0.124 e. The van der Waals surface area contributed by atoms with E-state index in [1.165, 1.54) is 5.56 Å². The first-order valence-corrected chi connectivity index (χ1v) is 7.32. The van der Waals surface area contributed by atoms with Crippen molar-refractivity contribution >= 4 is 15.9 Å². The van der Waals surface area contributed by atoms with Gasteiger partial charge in [0.1, 0.15) is 11.9 Å². The number of nitrogens with one attached hydrogen (secondary N) is 1. The Labute approximate surface area is 118 Å². The number of ether oxygens (including phenoxy) is 1. The lowest BCUT2D eigenvalue weighted by molar-refractivity contribution is 0.107. The fraction of sp³-hybridized carbons (Fsp3) is 0.600. The highest BCUT2D eigenvalue weighted by Crippen LogP contribution is 2.39. The van der Waals surface area contributed by atoms with E-state index in [0.717, 1.165) is 23.1 Å². The van der Waals surface area contributed by atoms with Crippen molar-refractivity contribution in [2.75, 3.05) is 7.05 Å². The van der Waals surface area contributed by atoms with E-state index in [1.807, 2.05) is 13.1 Å².